The Labute approximate surface area is 220 Å². The number of carbonyl (C=O) groups is 3. The molecule has 0 aliphatic heterocycles. The predicted molar refractivity (Wildman–Crippen MR) is 138 cm³/mol. The molecule has 4 rings (SSSR count). The molecule has 4 N–H and O–H groups in total. The molecular weight excluding hydrogens is 472 g/mol. The SMILES string of the molecule is CC(C)(O)CCC(=O)[C@](C)(O)C1[C@H](O)C[C@@]2(C)C3CC=C4C(C[C@H](O)C(=O)C4(C)C)[C@]3(C)C(=O)C[C@]12C. The zero-order valence-corrected chi connectivity index (χ0v) is 23.7. The topological polar surface area (TPSA) is 132 Å². The normalized spacial score (nSPS) is 44.9. The van der Waals surface area contributed by atoms with Crippen LogP contribution in [0, 0.1) is 39.4 Å². The van der Waals surface area contributed by atoms with Gasteiger partial charge in [-0.2, -0.15) is 0 Å². The lowest BCUT2D eigenvalue weighted by Gasteiger charge is -2.64. The number of hydrogen-bond donors (Lipinski definition) is 4. The maximum absolute atomic E-state index is 14.2. The van der Waals surface area contributed by atoms with Crippen molar-refractivity contribution >= 4 is 17.3 Å². The lowest BCUT2D eigenvalue weighted by Crippen LogP contribution is -2.65. The van der Waals surface area contributed by atoms with Crippen LogP contribution in [0.2, 0.25) is 0 Å². The Morgan fingerprint density at radius 3 is 2.19 bits per heavy atom. The molecule has 208 valence electrons. The summed E-state index contributed by atoms with van der Waals surface area (Å²) in [6.07, 6.45) is 1.33. The Bertz CT molecular complexity index is 1050. The molecule has 0 amide bonds. The molecule has 7 nitrogen and oxygen atoms in total. The average molecular weight is 519 g/mol. The van der Waals surface area contributed by atoms with Gasteiger partial charge in [0.1, 0.15) is 17.5 Å². The van der Waals surface area contributed by atoms with Gasteiger partial charge in [-0.1, -0.05) is 32.4 Å². The van der Waals surface area contributed by atoms with Gasteiger partial charge in [0.05, 0.1) is 11.7 Å². The molecule has 0 radical (unpaired) electrons. The maximum atomic E-state index is 14.2. The van der Waals surface area contributed by atoms with Crippen molar-refractivity contribution in [3.8, 4) is 0 Å². The minimum Gasteiger partial charge on any atom is -0.393 e. The first-order valence-corrected chi connectivity index (χ1v) is 13.8. The van der Waals surface area contributed by atoms with Crippen LogP contribution >= 0.6 is 0 Å². The first kappa shape index (κ1) is 28.6. The van der Waals surface area contributed by atoms with Gasteiger partial charge in [-0.3, -0.25) is 14.4 Å². The van der Waals surface area contributed by atoms with Gasteiger partial charge >= 0.3 is 0 Å². The number of aliphatic hydroxyl groups is 4. The molecule has 0 aromatic carbocycles. The highest BCUT2D eigenvalue weighted by molar-refractivity contribution is 5.95. The Kier molecular flexibility index (Phi) is 6.41. The van der Waals surface area contributed by atoms with Gasteiger partial charge < -0.3 is 20.4 Å². The fourth-order valence-corrected chi connectivity index (χ4v) is 9.24. The predicted octanol–water partition coefficient (Wildman–Crippen LogP) is 3.15. The Morgan fingerprint density at radius 2 is 1.62 bits per heavy atom. The quantitative estimate of drug-likeness (QED) is 0.411. The summed E-state index contributed by atoms with van der Waals surface area (Å²) in [6.45, 7) is 14.3. The zero-order valence-electron chi connectivity index (χ0n) is 23.7. The lowest BCUT2D eigenvalue weighted by molar-refractivity contribution is -0.185. The van der Waals surface area contributed by atoms with Crippen molar-refractivity contribution in [2.24, 2.45) is 39.4 Å². The summed E-state index contributed by atoms with van der Waals surface area (Å²) in [5.41, 5.74) is -5.10. The fraction of sp³-hybridized carbons (Fsp3) is 0.833. The summed E-state index contributed by atoms with van der Waals surface area (Å²) >= 11 is 0. The molecule has 0 spiro atoms. The second-order valence-corrected chi connectivity index (χ2v) is 14.6. The molecule has 7 heteroatoms. The number of rotatable bonds is 5. The summed E-state index contributed by atoms with van der Waals surface area (Å²) in [4.78, 5) is 40.4. The van der Waals surface area contributed by atoms with Gasteiger partial charge in [-0.05, 0) is 83.0 Å². The number of Topliss-reactive ketones (excluding diaryl/α,β-unsaturated/α-hetero) is 3. The second-order valence-electron chi connectivity index (χ2n) is 14.6. The van der Waals surface area contributed by atoms with Crippen molar-refractivity contribution in [2.75, 3.05) is 0 Å². The number of allylic oxidation sites excluding steroid dienone is 2. The number of ketones is 3. The van der Waals surface area contributed by atoms with Crippen LogP contribution in [0.5, 0.6) is 0 Å². The van der Waals surface area contributed by atoms with E-state index in [2.05, 4.69) is 13.0 Å². The average Bonchev–Trinajstić information content (AvgIpc) is 2.96. The molecule has 3 saturated carbocycles. The Hall–Kier alpha value is -1.41. The highest BCUT2D eigenvalue weighted by Gasteiger charge is 2.74. The van der Waals surface area contributed by atoms with E-state index in [0.29, 0.717) is 12.8 Å². The molecule has 4 aliphatic carbocycles. The van der Waals surface area contributed by atoms with E-state index in [1.165, 1.54) is 6.92 Å². The molecule has 4 aliphatic rings. The number of hydrogen-bond acceptors (Lipinski definition) is 7. The van der Waals surface area contributed by atoms with Crippen LogP contribution in [0.25, 0.3) is 0 Å². The molecule has 0 aromatic heterocycles. The molecular formula is C30H46O7. The van der Waals surface area contributed by atoms with Gasteiger partial charge in [0.2, 0.25) is 0 Å². The fourth-order valence-electron chi connectivity index (χ4n) is 9.24. The van der Waals surface area contributed by atoms with E-state index < -0.39 is 56.8 Å². The second kappa shape index (κ2) is 8.30. The van der Waals surface area contributed by atoms with E-state index >= 15 is 0 Å². The Balaban J connectivity index is 1.77. The molecule has 0 bridgehead atoms. The van der Waals surface area contributed by atoms with Gasteiger partial charge in [-0.25, -0.2) is 0 Å². The third-order valence-electron chi connectivity index (χ3n) is 11.5. The maximum Gasteiger partial charge on any atom is 0.170 e. The molecule has 37 heavy (non-hydrogen) atoms. The molecule has 0 saturated heterocycles. The highest BCUT2D eigenvalue weighted by atomic mass is 16.3. The first-order valence-electron chi connectivity index (χ1n) is 13.8. The van der Waals surface area contributed by atoms with Crippen molar-refractivity contribution in [3.63, 3.8) is 0 Å². The van der Waals surface area contributed by atoms with Crippen LogP contribution in [-0.4, -0.2) is 61.2 Å². The minimum absolute atomic E-state index is 0.00395. The summed E-state index contributed by atoms with van der Waals surface area (Å²) < 4.78 is 0. The van der Waals surface area contributed by atoms with Crippen LogP contribution in [0.1, 0.15) is 93.9 Å². The van der Waals surface area contributed by atoms with Gasteiger partial charge in [0, 0.05) is 29.6 Å². The third-order valence-corrected chi connectivity index (χ3v) is 11.5. The third kappa shape index (κ3) is 3.78. The van der Waals surface area contributed by atoms with Crippen molar-refractivity contribution in [2.45, 2.75) is 117 Å². The zero-order chi connectivity index (χ0) is 28.1. The summed E-state index contributed by atoms with van der Waals surface area (Å²) in [5, 5.41) is 43.9. The molecule has 9 atom stereocenters. The highest BCUT2D eigenvalue weighted by Crippen LogP contribution is 2.74. The van der Waals surface area contributed by atoms with Gasteiger partial charge in [0.15, 0.2) is 11.6 Å². The van der Waals surface area contributed by atoms with E-state index in [-0.39, 0.29) is 49.1 Å². The largest absolute Gasteiger partial charge is 0.393 e. The molecule has 3 unspecified atom stereocenters. The van der Waals surface area contributed by atoms with Crippen molar-refractivity contribution in [1.29, 1.82) is 0 Å². The van der Waals surface area contributed by atoms with Crippen molar-refractivity contribution < 1.29 is 34.8 Å². The van der Waals surface area contributed by atoms with E-state index in [1.807, 2.05) is 27.7 Å². The lowest BCUT2D eigenvalue weighted by atomic mass is 9.38. The van der Waals surface area contributed by atoms with Crippen LogP contribution in [0.15, 0.2) is 11.6 Å². The summed E-state index contributed by atoms with van der Waals surface area (Å²) in [5.74, 6) is -1.96. The monoisotopic (exact) mass is 518 g/mol. The van der Waals surface area contributed by atoms with E-state index in [9.17, 15) is 34.8 Å². The summed E-state index contributed by atoms with van der Waals surface area (Å²) in [7, 11) is 0. The summed E-state index contributed by atoms with van der Waals surface area (Å²) in [6, 6.07) is 0. The van der Waals surface area contributed by atoms with E-state index in [4.69, 9.17) is 0 Å². The van der Waals surface area contributed by atoms with Crippen LogP contribution in [0.3, 0.4) is 0 Å². The van der Waals surface area contributed by atoms with Crippen molar-refractivity contribution in [1.82, 2.24) is 0 Å². The molecule has 0 heterocycles. The number of carbonyl (C=O) groups excluding carboxylic acids is 3. The molecule has 3 fully saturated rings. The van der Waals surface area contributed by atoms with E-state index in [0.717, 1.165) is 5.57 Å². The van der Waals surface area contributed by atoms with Crippen molar-refractivity contribution in [3.05, 3.63) is 11.6 Å². The standard InChI is InChI=1S/C30H46O7/c1-25(2,36)12-11-21(33)30(8,37)23-19(32)14-27(5)20-10-9-16-17(13-18(31)24(35)26(16,3)4)29(20,7)22(34)15-28(23,27)6/h9,17-20,23,31-32,36-37H,10-15H2,1-8H3/t17?,18-,19+,20?,23?,27-,28+,29-,30-/m0/s1. The smallest absolute Gasteiger partial charge is 0.170 e. The Morgan fingerprint density at radius 1 is 1.03 bits per heavy atom. The van der Waals surface area contributed by atoms with Crippen LogP contribution in [0.4, 0.5) is 0 Å². The first-order chi connectivity index (χ1) is 16.7. The van der Waals surface area contributed by atoms with Crippen LogP contribution < -0.4 is 0 Å². The van der Waals surface area contributed by atoms with E-state index in [1.54, 1.807) is 13.8 Å². The van der Waals surface area contributed by atoms with Gasteiger partial charge in [0.25, 0.3) is 0 Å². The molecule has 0 aromatic rings. The number of aliphatic hydroxyl groups excluding tert-OH is 2. The van der Waals surface area contributed by atoms with Gasteiger partial charge in [-0.15, -0.1) is 0 Å². The van der Waals surface area contributed by atoms with Crippen LogP contribution in [-0.2, 0) is 14.4 Å². The minimum atomic E-state index is -1.86. The number of fused-ring (bicyclic) bond motifs is 5.